The van der Waals surface area contributed by atoms with E-state index in [0.717, 1.165) is 16.5 Å². The van der Waals surface area contributed by atoms with Crippen molar-refractivity contribution in [2.75, 3.05) is 27.4 Å². The highest BCUT2D eigenvalue weighted by Crippen LogP contribution is 2.36. The Bertz CT molecular complexity index is 570. The van der Waals surface area contributed by atoms with E-state index in [2.05, 4.69) is 38.7 Å². The summed E-state index contributed by atoms with van der Waals surface area (Å²) in [6.07, 6.45) is 2.58. The monoisotopic (exact) mass is 417 g/mol. The number of benzene rings is 1. The van der Waals surface area contributed by atoms with Crippen molar-refractivity contribution in [1.29, 1.82) is 0 Å². The third-order valence-corrected chi connectivity index (χ3v) is 3.67. The molecule has 0 amide bonds. The molecule has 1 aromatic rings. The van der Waals surface area contributed by atoms with Gasteiger partial charge in [0.2, 0.25) is 0 Å². The van der Waals surface area contributed by atoms with Gasteiger partial charge < -0.3 is 19.5 Å². The molecule has 0 radical (unpaired) electrons. The van der Waals surface area contributed by atoms with Crippen LogP contribution in [0.2, 0.25) is 0 Å². The lowest BCUT2D eigenvalue weighted by Crippen LogP contribution is -2.40. The summed E-state index contributed by atoms with van der Waals surface area (Å²) in [6.45, 7) is 5.22. The second kappa shape index (κ2) is 11.2. The molecule has 0 fully saturated rings. The molecule has 0 saturated heterocycles. The molecule has 134 valence electrons. The van der Waals surface area contributed by atoms with E-state index < -0.39 is 0 Å². The van der Waals surface area contributed by atoms with Gasteiger partial charge in [-0.25, -0.2) is 0 Å². The average molecular weight is 418 g/mol. The Kier molecular flexibility index (Phi) is 9.66. The van der Waals surface area contributed by atoms with Gasteiger partial charge in [-0.05, 0) is 59.2 Å². The maximum absolute atomic E-state index is 5.70. The highest BCUT2D eigenvalue weighted by Gasteiger charge is 2.11. The molecular formula is C16H24BrN3O3S. The van der Waals surface area contributed by atoms with Gasteiger partial charge in [0, 0.05) is 13.2 Å². The average Bonchev–Trinajstić information content (AvgIpc) is 2.53. The lowest BCUT2D eigenvalue weighted by atomic mass is 10.2. The number of rotatable bonds is 9. The van der Waals surface area contributed by atoms with E-state index in [-0.39, 0.29) is 6.04 Å². The molecule has 6 nitrogen and oxygen atoms in total. The number of nitrogens with zero attached hydrogens (tertiary/aromatic N) is 1. The Morgan fingerprint density at radius 2 is 2.17 bits per heavy atom. The fourth-order valence-corrected chi connectivity index (χ4v) is 2.70. The highest BCUT2D eigenvalue weighted by molar-refractivity contribution is 9.10. The third-order valence-electron chi connectivity index (χ3n) is 2.88. The quantitative estimate of drug-likeness (QED) is 0.365. The van der Waals surface area contributed by atoms with Gasteiger partial charge in [0.1, 0.15) is 0 Å². The van der Waals surface area contributed by atoms with Gasteiger partial charge >= 0.3 is 0 Å². The lowest BCUT2D eigenvalue weighted by Gasteiger charge is -2.14. The minimum absolute atomic E-state index is 0.106. The fourth-order valence-electron chi connectivity index (χ4n) is 1.87. The van der Waals surface area contributed by atoms with Crippen LogP contribution in [0.3, 0.4) is 0 Å². The first-order valence-electron chi connectivity index (χ1n) is 7.60. The summed E-state index contributed by atoms with van der Waals surface area (Å²) in [7, 11) is 3.25. The van der Waals surface area contributed by atoms with Crippen LogP contribution in [0, 0.1) is 0 Å². The molecular weight excluding hydrogens is 394 g/mol. The zero-order valence-corrected chi connectivity index (χ0v) is 16.8. The van der Waals surface area contributed by atoms with E-state index in [1.807, 2.05) is 19.1 Å². The van der Waals surface area contributed by atoms with Crippen molar-refractivity contribution in [1.82, 2.24) is 10.7 Å². The number of ether oxygens (including phenoxy) is 3. The molecule has 0 aliphatic rings. The van der Waals surface area contributed by atoms with E-state index in [1.165, 1.54) is 0 Å². The number of thiocarbonyl (C=S) groups is 1. The SMILES string of the molecule is CCCOc1c(Br)cc(/C=N\NC(=S)N[C@H](C)COC)cc1OC. The summed E-state index contributed by atoms with van der Waals surface area (Å²) >= 11 is 8.66. The molecule has 1 rings (SSSR count). The summed E-state index contributed by atoms with van der Waals surface area (Å²) in [4.78, 5) is 0. The van der Waals surface area contributed by atoms with Crippen LogP contribution in [0.5, 0.6) is 11.5 Å². The van der Waals surface area contributed by atoms with Gasteiger partial charge in [-0.3, -0.25) is 5.43 Å². The Morgan fingerprint density at radius 3 is 2.79 bits per heavy atom. The Labute approximate surface area is 157 Å². The first-order chi connectivity index (χ1) is 11.5. The maximum atomic E-state index is 5.70. The van der Waals surface area contributed by atoms with Gasteiger partial charge in [-0.2, -0.15) is 5.10 Å². The zero-order chi connectivity index (χ0) is 17.9. The Balaban J connectivity index is 2.70. The molecule has 0 unspecified atom stereocenters. The fraction of sp³-hybridized carbons (Fsp3) is 0.500. The van der Waals surface area contributed by atoms with Gasteiger partial charge in [0.05, 0.1) is 31.0 Å². The maximum Gasteiger partial charge on any atom is 0.187 e. The molecule has 0 spiro atoms. The highest BCUT2D eigenvalue weighted by atomic mass is 79.9. The third kappa shape index (κ3) is 7.02. The lowest BCUT2D eigenvalue weighted by molar-refractivity contribution is 0.179. The molecule has 0 heterocycles. The first-order valence-corrected chi connectivity index (χ1v) is 8.80. The smallest absolute Gasteiger partial charge is 0.187 e. The summed E-state index contributed by atoms with van der Waals surface area (Å²) in [5, 5.41) is 7.62. The molecule has 0 aliphatic heterocycles. The molecule has 24 heavy (non-hydrogen) atoms. The summed E-state index contributed by atoms with van der Waals surface area (Å²) in [5.74, 6) is 1.34. The van der Waals surface area contributed by atoms with Gasteiger partial charge in [-0.1, -0.05) is 6.92 Å². The van der Waals surface area contributed by atoms with Crippen LogP contribution in [0.4, 0.5) is 0 Å². The topological polar surface area (TPSA) is 64.1 Å². The van der Waals surface area contributed by atoms with Gasteiger partial charge in [0.15, 0.2) is 16.6 Å². The van der Waals surface area contributed by atoms with Crippen molar-refractivity contribution in [2.24, 2.45) is 5.10 Å². The van der Waals surface area contributed by atoms with Crippen molar-refractivity contribution in [3.05, 3.63) is 22.2 Å². The molecule has 8 heteroatoms. The van der Waals surface area contributed by atoms with Crippen LogP contribution in [0.25, 0.3) is 0 Å². The summed E-state index contributed by atoms with van der Waals surface area (Å²) in [5.41, 5.74) is 3.62. The standard InChI is InChI=1S/C16H24BrN3O3S/c1-5-6-23-15-13(17)7-12(8-14(15)22-4)9-18-20-16(24)19-11(2)10-21-3/h7-9,11H,5-6,10H2,1-4H3,(H2,19,20,24)/b18-9-/t11-/m1/s1. The second-order valence-corrected chi connectivity index (χ2v) is 6.35. The van der Waals surface area contributed by atoms with Crippen LogP contribution < -0.4 is 20.2 Å². The largest absolute Gasteiger partial charge is 0.493 e. The Hall–Kier alpha value is -1.38. The predicted molar refractivity (Wildman–Crippen MR) is 104 cm³/mol. The van der Waals surface area contributed by atoms with Crippen molar-refractivity contribution in [2.45, 2.75) is 26.3 Å². The molecule has 0 aliphatic carbocycles. The summed E-state index contributed by atoms with van der Waals surface area (Å²) < 4.78 is 16.9. The second-order valence-electron chi connectivity index (χ2n) is 5.08. The zero-order valence-electron chi connectivity index (χ0n) is 14.4. The van der Waals surface area contributed by atoms with Crippen molar-refractivity contribution in [3.63, 3.8) is 0 Å². The van der Waals surface area contributed by atoms with Crippen LogP contribution >= 0.6 is 28.1 Å². The number of hydrogen-bond donors (Lipinski definition) is 2. The molecule has 1 aromatic carbocycles. The van der Waals surface area contributed by atoms with E-state index in [4.69, 9.17) is 26.4 Å². The Morgan fingerprint density at radius 1 is 1.42 bits per heavy atom. The van der Waals surface area contributed by atoms with Crippen LogP contribution in [-0.4, -0.2) is 44.8 Å². The minimum Gasteiger partial charge on any atom is -0.493 e. The number of hydrazone groups is 1. The van der Waals surface area contributed by atoms with Crippen molar-refractivity contribution < 1.29 is 14.2 Å². The molecule has 0 saturated carbocycles. The predicted octanol–water partition coefficient (Wildman–Crippen LogP) is 3.08. The molecule has 0 bridgehead atoms. The van der Waals surface area contributed by atoms with Gasteiger partial charge in [-0.15, -0.1) is 0 Å². The summed E-state index contributed by atoms with van der Waals surface area (Å²) in [6, 6.07) is 3.86. The van der Waals surface area contributed by atoms with E-state index >= 15 is 0 Å². The van der Waals surface area contributed by atoms with Gasteiger partial charge in [0.25, 0.3) is 0 Å². The molecule has 0 aromatic heterocycles. The van der Waals surface area contributed by atoms with E-state index in [1.54, 1.807) is 20.4 Å². The number of nitrogens with one attached hydrogen (secondary N) is 2. The first kappa shape index (κ1) is 20.7. The number of halogens is 1. The van der Waals surface area contributed by atoms with E-state index in [9.17, 15) is 0 Å². The van der Waals surface area contributed by atoms with Crippen LogP contribution in [-0.2, 0) is 4.74 Å². The van der Waals surface area contributed by atoms with Crippen molar-refractivity contribution >= 4 is 39.5 Å². The van der Waals surface area contributed by atoms with Crippen LogP contribution in [0.1, 0.15) is 25.8 Å². The minimum atomic E-state index is 0.106. The van der Waals surface area contributed by atoms with Crippen molar-refractivity contribution in [3.8, 4) is 11.5 Å². The molecule has 2 N–H and O–H groups in total. The molecule has 1 atom stereocenters. The number of methoxy groups -OCH3 is 2. The normalized spacial score (nSPS) is 12.0. The number of hydrogen-bond acceptors (Lipinski definition) is 5. The van der Waals surface area contributed by atoms with Crippen LogP contribution in [0.15, 0.2) is 21.7 Å². The van der Waals surface area contributed by atoms with E-state index in [0.29, 0.717) is 29.8 Å².